The zero-order valence-electron chi connectivity index (χ0n) is 8.17. The second-order valence-corrected chi connectivity index (χ2v) is 5.42. The first-order valence-corrected chi connectivity index (χ1v) is 6.14. The van der Waals surface area contributed by atoms with Crippen LogP contribution < -0.4 is 0 Å². The Morgan fingerprint density at radius 3 is 2.67 bits per heavy atom. The number of pyridine rings is 1. The minimum atomic E-state index is -3.15. The molecule has 0 aromatic carbocycles. The number of hydrogen-bond acceptors (Lipinski definition) is 4. The maximum atomic E-state index is 11.3. The summed E-state index contributed by atoms with van der Waals surface area (Å²) in [6, 6.07) is 1.32. The van der Waals surface area contributed by atoms with Crippen LogP contribution in [0, 0.1) is 0 Å². The van der Waals surface area contributed by atoms with Crippen LogP contribution in [0.1, 0.15) is 22.8 Å². The molecule has 0 bridgehead atoms. The van der Waals surface area contributed by atoms with Crippen LogP contribution in [-0.2, 0) is 15.6 Å². The third kappa shape index (κ3) is 3.32. The summed E-state index contributed by atoms with van der Waals surface area (Å²) in [5.74, 6) is -1.25. The van der Waals surface area contributed by atoms with Crippen molar-refractivity contribution in [3.63, 3.8) is 0 Å². The minimum absolute atomic E-state index is 0.00111. The van der Waals surface area contributed by atoms with E-state index in [9.17, 15) is 13.2 Å². The molecule has 1 N–H and O–H groups in total. The highest BCUT2D eigenvalue weighted by atomic mass is 32.2. The lowest BCUT2D eigenvalue weighted by Crippen LogP contribution is -2.08. The largest absolute Gasteiger partial charge is 0.478 e. The fraction of sp³-hybridized carbons (Fsp3) is 0.333. The van der Waals surface area contributed by atoms with Crippen molar-refractivity contribution in [3.05, 3.63) is 29.6 Å². The molecule has 1 aromatic rings. The normalized spacial score (nSPS) is 11.3. The summed E-state index contributed by atoms with van der Waals surface area (Å²) in [5.41, 5.74) is 0.399. The Morgan fingerprint density at radius 1 is 1.47 bits per heavy atom. The number of sulfone groups is 1. The summed E-state index contributed by atoms with van der Waals surface area (Å²) in [4.78, 5) is 14.3. The quantitative estimate of drug-likeness (QED) is 0.822. The summed E-state index contributed by atoms with van der Waals surface area (Å²) in [5, 5.41) is 8.68. The first kappa shape index (κ1) is 11.6. The molecule has 1 rings (SSSR count). The van der Waals surface area contributed by atoms with Gasteiger partial charge in [0.1, 0.15) is 0 Å². The van der Waals surface area contributed by atoms with Gasteiger partial charge in [0, 0.05) is 18.1 Å². The van der Waals surface area contributed by atoms with E-state index >= 15 is 0 Å². The number of aromatic carboxylic acids is 1. The molecule has 0 fully saturated rings. The molecule has 0 amide bonds. The van der Waals surface area contributed by atoms with Gasteiger partial charge in [-0.05, 0) is 11.6 Å². The van der Waals surface area contributed by atoms with Gasteiger partial charge in [0.15, 0.2) is 9.84 Å². The summed E-state index contributed by atoms with van der Waals surface area (Å²) in [6.07, 6.45) is 2.55. The van der Waals surface area contributed by atoms with Crippen molar-refractivity contribution >= 4 is 15.8 Å². The van der Waals surface area contributed by atoms with E-state index in [2.05, 4.69) is 4.98 Å². The van der Waals surface area contributed by atoms with Gasteiger partial charge in [-0.15, -0.1) is 0 Å². The van der Waals surface area contributed by atoms with Crippen molar-refractivity contribution < 1.29 is 18.3 Å². The van der Waals surface area contributed by atoms with E-state index in [0.717, 1.165) is 0 Å². The maximum absolute atomic E-state index is 11.3. The summed E-state index contributed by atoms with van der Waals surface area (Å²) < 4.78 is 22.5. The standard InChI is InChI=1S/C9H11NO4S/c1-2-15(13,14)6-7-3-8(9(11)12)5-10-4-7/h3-5H,2,6H2,1H3,(H,11,12). The highest BCUT2D eigenvalue weighted by molar-refractivity contribution is 7.90. The van der Waals surface area contributed by atoms with E-state index in [1.54, 1.807) is 6.92 Å². The molecule has 5 nitrogen and oxygen atoms in total. The van der Waals surface area contributed by atoms with Gasteiger partial charge in [-0.3, -0.25) is 4.98 Å². The average molecular weight is 229 g/mol. The lowest BCUT2D eigenvalue weighted by molar-refractivity contribution is 0.0696. The van der Waals surface area contributed by atoms with Crippen molar-refractivity contribution in [2.75, 3.05) is 5.75 Å². The molecule has 1 heterocycles. The molecule has 82 valence electrons. The molecule has 0 aliphatic carbocycles. The Balaban J connectivity index is 2.97. The monoisotopic (exact) mass is 229 g/mol. The second-order valence-electron chi connectivity index (χ2n) is 3.06. The van der Waals surface area contributed by atoms with Gasteiger partial charge in [-0.25, -0.2) is 13.2 Å². The lowest BCUT2D eigenvalue weighted by Gasteiger charge is -2.01. The zero-order valence-corrected chi connectivity index (χ0v) is 8.99. The zero-order chi connectivity index (χ0) is 11.5. The van der Waals surface area contributed by atoms with Crippen LogP contribution in [0.4, 0.5) is 0 Å². The van der Waals surface area contributed by atoms with Crippen molar-refractivity contribution in [2.24, 2.45) is 0 Å². The first-order chi connectivity index (χ1) is 6.94. The average Bonchev–Trinajstić information content (AvgIpc) is 2.17. The molecule has 1 aromatic heterocycles. The predicted octanol–water partition coefficient (Wildman–Crippen LogP) is 0.715. The lowest BCUT2D eigenvalue weighted by atomic mass is 10.2. The fourth-order valence-electron chi connectivity index (χ4n) is 1.04. The summed E-state index contributed by atoms with van der Waals surface area (Å²) in [7, 11) is -3.15. The number of hydrogen-bond donors (Lipinski definition) is 1. The van der Waals surface area contributed by atoms with Crippen molar-refractivity contribution in [2.45, 2.75) is 12.7 Å². The van der Waals surface area contributed by atoms with Crippen molar-refractivity contribution in [1.29, 1.82) is 0 Å². The van der Waals surface area contributed by atoms with E-state index in [4.69, 9.17) is 5.11 Å². The smallest absolute Gasteiger partial charge is 0.337 e. The number of rotatable bonds is 4. The topological polar surface area (TPSA) is 84.3 Å². The van der Waals surface area contributed by atoms with Crippen LogP contribution in [-0.4, -0.2) is 30.2 Å². The van der Waals surface area contributed by atoms with E-state index in [-0.39, 0.29) is 17.1 Å². The van der Waals surface area contributed by atoms with Gasteiger partial charge in [0.2, 0.25) is 0 Å². The van der Waals surface area contributed by atoms with Crippen molar-refractivity contribution in [1.82, 2.24) is 4.98 Å². The van der Waals surface area contributed by atoms with Gasteiger partial charge in [0.25, 0.3) is 0 Å². The van der Waals surface area contributed by atoms with Crippen LogP contribution >= 0.6 is 0 Å². The minimum Gasteiger partial charge on any atom is -0.478 e. The van der Waals surface area contributed by atoms with E-state index < -0.39 is 15.8 Å². The second kappa shape index (κ2) is 4.39. The van der Waals surface area contributed by atoms with Crippen LogP contribution in [0.15, 0.2) is 18.5 Å². The molecule has 0 atom stereocenters. The molecular formula is C9H11NO4S. The number of carboxylic acids is 1. The summed E-state index contributed by atoms with van der Waals surface area (Å²) in [6.45, 7) is 1.55. The maximum Gasteiger partial charge on any atom is 0.337 e. The predicted molar refractivity (Wildman–Crippen MR) is 54.4 cm³/mol. The molecule has 0 saturated carbocycles. The van der Waals surface area contributed by atoms with Crippen LogP contribution in [0.3, 0.4) is 0 Å². The van der Waals surface area contributed by atoms with E-state index in [1.807, 2.05) is 0 Å². The Hall–Kier alpha value is -1.43. The number of carbonyl (C=O) groups is 1. The highest BCUT2D eigenvalue weighted by Crippen LogP contribution is 2.07. The SMILES string of the molecule is CCS(=O)(=O)Cc1cncc(C(=O)O)c1. The molecule has 0 aliphatic heterocycles. The van der Waals surface area contributed by atoms with Crippen LogP contribution in [0.5, 0.6) is 0 Å². The van der Waals surface area contributed by atoms with Crippen molar-refractivity contribution in [3.8, 4) is 0 Å². The van der Waals surface area contributed by atoms with Crippen LogP contribution in [0.2, 0.25) is 0 Å². The Labute approximate surface area is 87.7 Å². The van der Waals surface area contributed by atoms with Gasteiger partial charge >= 0.3 is 5.97 Å². The Morgan fingerprint density at radius 2 is 2.13 bits per heavy atom. The molecule has 0 saturated heterocycles. The Bertz CT molecular complexity index is 467. The fourth-order valence-corrected chi connectivity index (χ4v) is 1.91. The number of carboxylic acid groups (broad SMARTS) is 1. The van der Waals surface area contributed by atoms with Gasteiger partial charge < -0.3 is 5.11 Å². The molecular weight excluding hydrogens is 218 g/mol. The van der Waals surface area contributed by atoms with E-state index in [0.29, 0.717) is 5.56 Å². The third-order valence-corrected chi connectivity index (χ3v) is 3.52. The number of aromatic nitrogens is 1. The number of nitrogens with zero attached hydrogens (tertiary/aromatic N) is 1. The van der Waals surface area contributed by atoms with Gasteiger partial charge in [0.05, 0.1) is 11.3 Å². The van der Waals surface area contributed by atoms with Gasteiger partial charge in [-0.1, -0.05) is 6.92 Å². The molecule has 0 spiro atoms. The first-order valence-electron chi connectivity index (χ1n) is 4.32. The molecule has 0 aliphatic rings. The van der Waals surface area contributed by atoms with Gasteiger partial charge in [-0.2, -0.15) is 0 Å². The van der Waals surface area contributed by atoms with E-state index in [1.165, 1.54) is 18.5 Å². The Kier molecular flexibility index (Phi) is 3.41. The van der Waals surface area contributed by atoms with Crippen LogP contribution in [0.25, 0.3) is 0 Å². The highest BCUT2D eigenvalue weighted by Gasteiger charge is 2.11. The molecule has 0 unspecified atom stereocenters. The molecule has 15 heavy (non-hydrogen) atoms. The molecule has 6 heteroatoms. The summed E-state index contributed by atoms with van der Waals surface area (Å²) >= 11 is 0. The molecule has 0 radical (unpaired) electrons. The third-order valence-electron chi connectivity index (χ3n) is 1.87.